The summed E-state index contributed by atoms with van der Waals surface area (Å²) in [5.41, 5.74) is 3.58. The fraction of sp³-hybridized carbons (Fsp3) is 0.400. The van der Waals surface area contributed by atoms with Gasteiger partial charge in [-0.3, -0.25) is 0 Å². The average Bonchev–Trinajstić information content (AvgIpc) is 2.87. The molecule has 0 spiro atoms. The monoisotopic (exact) mass is 337 g/mol. The van der Waals surface area contributed by atoms with E-state index in [1.54, 1.807) is 7.11 Å². The molecule has 0 bridgehead atoms. The molecule has 0 saturated carbocycles. The second-order valence-electron chi connectivity index (χ2n) is 4.53. The molecule has 0 atom stereocenters. The number of benzene rings is 1. The Kier molecular flexibility index (Phi) is 5.76. The van der Waals surface area contributed by atoms with E-state index in [1.807, 2.05) is 23.0 Å². The molecule has 108 valence electrons. The van der Waals surface area contributed by atoms with Gasteiger partial charge < -0.3 is 10.1 Å². The highest BCUT2D eigenvalue weighted by Gasteiger charge is 2.10. The van der Waals surface area contributed by atoms with Crippen LogP contribution in [-0.2, 0) is 17.7 Å². The highest BCUT2D eigenvalue weighted by Crippen LogP contribution is 2.18. The minimum absolute atomic E-state index is 0.725. The van der Waals surface area contributed by atoms with Crippen molar-refractivity contribution in [3.63, 3.8) is 0 Å². The van der Waals surface area contributed by atoms with E-state index in [4.69, 9.17) is 4.74 Å². The van der Waals surface area contributed by atoms with Crippen LogP contribution in [0.2, 0.25) is 0 Å². The number of aromatic nitrogens is 2. The van der Waals surface area contributed by atoms with Gasteiger partial charge in [-0.2, -0.15) is 5.10 Å². The quantitative estimate of drug-likeness (QED) is 0.789. The molecule has 5 heteroatoms. The van der Waals surface area contributed by atoms with Crippen LogP contribution in [0.5, 0.6) is 0 Å². The molecule has 1 aromatic carbocycles. The van der Waals surface area contributed by atoms with Crippen LogP contribution in [0.3, 0.4) is 0 Å². The number of ether oxygens (including phenoxy) is 1. The third-order valence-corrected chi connectivity index (χ3v) is 3.69. The SMILES string of the molecule is CCc1c(CNCCOC)cnn1-c1ccc(Br)cc1. The van der Waals surface area contributed by atoms with Gasteiger partial charge in [0.05, 0.1) is 18.5 Å². The van der Waals surface area contributed by atoms with Crippen molar-refractivity contribution in [3.8, 4) is 5.69 Å². The summed E-state index contributed by atoms with van der Waals surface area (Å²) in [7, 11) is 1.71. The lowest BCUT2D eigenvalue weighted by atomic mass is 10.2. The molecule has 20 heavy (non-hydrogen) atoms. The first-order chi connectivity index (χ1) is 9.76. The maximum atomic E-state index is 5.03. The van der Waals surface area contributed by atoms with Crippen molar-refractivity contribution < 1.29 is 4.74 Å². The van der Waals surface area contributed by atoms with Crippen LogP contribution in [0.25, 0.3) is 5.69 Å². The number of halogens is 1. The van der Waals surface area contributed by atoms with Gasteiger partial charge in [0.25, 0.3) is 0 Å². The Balaban J connectivity index is 2.14. The summed E-state index contributed by atoms with van der Waals surface area (Å²) in [5.74, 6) is 0. The van der Waals surface area contributed by atoms with Crippen molar-refractivity contribution in [3.05, 3.63) is 46.2 Å². The zero-order valence-corrected chi connectivity index (χ0v) is 13.5. The van der Waals surface area contributed by atoms with E-state index < -0.39 is 0 Å². The normalized spacial score (nSPS) is 10.9. The van der Waals surface area contributed by atoms with Crippen molar-refractivity contribution in [1.29, 1.82) is 0 Å². The molecule has 0 fully saturated rings. The van der Waals surface area contributed by atoms with Gasteiger partial charge in [-0.15, -0.1) is 0 Å². The van der Waals surface area contributed by atoms with Crippen molar-refractivity contribution in [2.45, 2.75) is 19.9 Å². The van der Waals surface area contributed by atoms with Crippen molar-refractivity contribution in [2.75, 3.05) is 20.3 Å². The maximum absolute atomic E-state index is 5.03. The fourth-order valence-corrected chi connectivity index (χ4v) is 2.40. The largest absolute Gasteiger partial charge is 0.383 e. The molecule has 1 aromatic heterocycles. The Morgan fingerprint density at radius 2 is 2.05 bits per heavy atom. The third-order valence-electron chi connectivity index (χ3n) is 3.16. The molecule has 4 nitrogen and oxygen atoms in total. The maximum Gasteiger partial charge on any atom is 0.0649 e. The van der Waals surface area contributed by atoms with Crippen LogP contribution in [0.1, 0.15) is 18.2 Å². The first-order valence-electron chi connectivity index (χ1n) is 6.77. The average molecular weight is 338 g/mol. The smallest absolute Gasteiger partial charge is 0.0649 e. The van der Waals surface area contributed by atoms with E-state index in [1.165, 1.54) is 11.3 Å². The zero-order chi connectivity index (χ0) is 14.4. The lowest BCUT2D eigenvalue weighted by molar-refractivity contribution is 0.199. The van der Waals surface area contributed by atoms with Gasteiger partial charge in [0, 0.05) is 35.9 Å². The molecule has 0 aliphatic carbocycles. The summed E-state index contributed by atoms with van der Waals surface area (Å²) in [5, 5.41) is 7.88. The van der Waals surface area contributed by atoms with Gasteiger partial charge in [-0.1, -0.05) is 22.9 Å². The predicted molar refractivity (Wildman–Crippen MR) is 84.2 cm³/mol. The van der Waals surface area contributed by atoms with Crippen molar-refractivity contribution >= 4 is 15.9 Å². The van der Waals surface area contributed by atoms with E-state index in [0.717, 1.165) is 36.3 Å². The molecule has 1 N–H and O–H groups in total. The molecule has 0 amide bonds. The summed E-state index contributed by atoms with van der Waals surface area (Å²) >= 11 is 3.46. The highest BCUT2D eigenvalue weighted by molar-refractivity contribution is 9.10. The Morgan fingerprint density at radius 1 is 1.30 bits per heavy atom. The number of nitrogens with one attached hydrogen (secondary N) is 1. The minimum Gasteiger partial charge on any atom is -0.383 e. The molecule has 2 rings (SSSR count). The Morgan fingerprint density at radius 3 is 2.70 bits per heavy atom. The number of rotatable bonds is 7. The van der Waals surface area contributed by atoms with Gasteiger partial charge in [-0.05, 0) is 30.7 Å². The van der Waals surface area contributed by atoms with E-state index in [0.29, 0.717) is 0 Å². The van der Waals surface area contributed by atoms with Crippen molar-refractivity contribution in [1.82, 2.24) is 15.1 Å². The second-order valence-corrected chi connectivity index (χ2v) is 5.44. The number of nitrogens with zero attached hydrogens (tertiary/aromatic N) is 2. The molecule has 0 aliphatic rings. The summed E-state index contributed by atoms with van der Waals surface area (Å²) in [6.07, 6.45) is 2.90. The van der Waals surface area contributed by atoms with E-state index in [2.05, 4.69) is 45.4 Å². The van der Waals surface area contributed by atoms with Crippen LogP contribution in [0.15, 0.2) is 34.9 Å². The molecule has 1 heterocycles. The Hall–Kier alpha value is -1.17. The van der Waals surface area contributed by atoms with E-state index >= 15 is 0 Å². The van der Waals surface area contributed by atoms with Gasteiger partial charge in [0.15, 0.2) is 0 Å². The lowest BCUT2D eigenvalue weighted by Gasteiger charge is -2.09. The fourth-order valence-electron chi connectivity index (χ4n) is 2.13. The van der Waals surface area contributed by atoms with Crippen LogP contribution < -0.4 is 5.32 Å². The van der Waals surface area contributed by atoms with Crippen LogP contribution in [-0.4, -0.2) is 30.0 Å². The zero-order valence-electron chi connectivity index (χ0n) is 11.9. The second kappa shape index (κ2) is 7.57. The molecule has 0 unspecified atom stereocenters. The van der Waals surface area contributed by atoms with Gasteiger partial charge in [0.1, 0.15) is 0 Å². The lowest BCUT2D eigenvalue weighted by Crippen LogP contribution is -2.19. The van der Waals surface area contributed by atoms with Crippen LogP contribution in [0, 0.1) is 0 Å². The summed E-state index contributed by atoms with van der Waals surface area (Å²) < 4.78 is 8.12. The number of methoxy groups -OCH3 is 1. The molecule has 0 radical (unpaired) electrons. The topological polar surface area (TPSA) is 39.1 Å². The summed E-state index contributed by atoms with van der Waals surface area (Å²) in [4.78, 5) is 0. The summed E-state index contributed by atoms with van der Waals surface area (Å²) in [6.45, 7) is 4.56. The number of hydrogen-bond acceptors (Lipinski definition) is 3. The highest BCUT2D eigenvalue weighted by atomic mass is 79.9. The van der Waals surface area contributed by atoms with Crippen molar-refractivity contribution in [2.24, 2.45) is 0 Å². The summed E-state index contributed by atoms with van der Waals surface area (Å²) in [6, 6.07) is 8.21. The first kappa shape index (κ1) is 15.2. The van der Waals surface area contributed by atoms with Gasteiger partial charge in [0.2, 0.25) is 0 Å². The first-order valence-corrected chi connectivity index (χ1v) is 7.57. The van der Waals surface area contributed by atoms with E-state index in [-0.39, 0.29) is 0 Å². The Labute approximate surface area is 128 Å². The van der Waals surface area contributed by atoms with Crippen LogP contribution >= 0.6 is 15.9 Å². The van der Waals surface area contributed by atoms with E-state index in [9.17, 15) is 0 Å². The Bertz CT molecular complexity index is 537. The molecule has 2 aromatic rings. The molecular formula is C15H20BrN3O. The molecule has 0 saturated heterocycles. The predicted octanol–water partition coefficient (Wildman–Crippen LogP) is 2.93. The number of hydrogen-bond donors (Lipinski definition) is 1. The van der Waals surface area contributed by atoms with Gasteiger partial charge >= 0.3 is 0 Å². The van der Waals surface area contributed by atoms with Gasteiger partial charge in [-0.25, -0.2) is 4.68 Å². The minimum atomic E-state index is 0.725. The third kappa shape index (κ3) is 3.69. The molecule has 0 aliphatic heterocycles. The molecular weight excluding hydrogens is 318 g/mol. The standard InChI is InChI=1S/C15H20BrN3O/c1-3-15-12(10-17-8-9-20-2)11-18-19(15)14-6-4-13(16)5-7-14/h4-7,11,17H,3,8-10H2,1-2H3. The van der Waals surface area contributed by atoms with Crippen LogP contribution in [0.4, 0.5) is 0 Å².